The molecule has 0 heterocycles. The van der Waals surface area contributed by atoms with Gasteiger partial charge in [0.1, 0.15) is 0 Å². The summed E-state index contributed by atoms with van der Waals surface area (Å²) in [6.45, 7) is 0.530. The number of amides is 2. The van der Waals surface area contributed by atoms with Gasteiger partial charge in [0.25, 0.3) is 5.91 Å². The second-order valence-corrected chi connectivity index (χ2v) is 5.70. The summed E-state index contributed by atoms with van der Waals surface area (Å²) in [6.07, 6.45) is 2.90. The maximum atomic E-state index is 12.3. The molecule has 22 heavy (non-hydrogen) atoms. The fraction of sp³-hybridized carbons (Fsp3) is 0.467. The van der Waals surface area contributed by atoms with Crippen molar-refractivity contribution in [2.24, 2.45) is 17.6 Å². The van der Waals surface area contributed by atoms with Crippen molar-refractivity contribution in [2.45, 2.75) is 19.3 Å². The van der Waals surface area contributed by atoms with E-state index < -0.39 is 0 Å². The minimum atomic E-state index is -0.281. The van der Waals surface area contributed by atoms with Crippen LogP contribution in [0.5, 0.6) is 0 Å². The molecule has 0 aliphatic heterocycles. The maximum Gasteiger partial charge on any atom is 0.252 e. The number of benzene rings is 1. The van der Waals surface area contributed by atoms with Crippen LogP contribution in [0.3, 0.4) is 0 Å². The van der Waals surface area contributed by atoms with Gasteiger partial charge in [-0.1, -0.05) is 18.0 Å². The molecule has 0 saturated heterocycles. The van der Waals surface area contributed by atoms with Gasteiger partial charge in [-0.05, 0) is 43.5 Å². The summed E-state index contributed by atoms with van der Waals surface area (Å²) in [4.78, 5) is 24.0. The molecule has 122 valence electrons. The largest absolute Gasteiger partial charge is 0.355 e. The predicted molar refractivity (Wildman–Crippen MR) is 90.6 cm³/mol. The van der Waals surface area contributed by atoms with Crippen LogP contribution in [0.25, 0.3) is 0 Å². The zero-order valence-corrected chi connectivity index (χ0v) is 14.0. The molecule has 0 unspecified atom stereocenters. The summed E-state index contributed by atoms with van der Waals surface area (Å²) < 4.78 is 0. The van der Waals surface area contributed by atoms with Crippen LogP contribution in [0.4, 0.5) is 5.69 Å². The molecule has 1 saturated carbocycles. The van der Waals surface area contributed by atoms with Crippen molar-refractivity contribution in [3.63, 3.8) is 0 Å². The second-order valence-electron chi connectivity index (χ2n) is 5.30. The zero-order valence-electron chi connectivity index (χ0n) is 12.4. The number of hydrogen-bond acceptors (Lipinski definition) is 3. The van der Waals surface area contributed by atoms with Gasteiger partial charge in [-0.25, -0.2) is 0 Å². The Labute approximate surface area is 141 Å². The molecule has 2 atom stereocenters. The Morgan fingerprint density at radius 3 is 2.73 bits per heavy atom. The number of nitrogens with one attached hydrogen (secondary N) is 2. The molecule has 0 bridgehead atoms. The highest BCUT2D eigenvalue weighted by Gasteiger charge is 2.31. The van der Waals surface area contributed by atoms with E-state index >= 15 is 0 Å². The molecule has 0 aromatic heterocycles. The molecule has 5 nitrogen and oxygen atoms in total. The SMILES string of the molecule is CNC(=O)c1cc(NC(=O)[C@@H]2CCC[C@@H]2CN)ccc1Cl.Cl. The lowest BCUT2D eigenvalue weighted by Gasteiger charge is -2.17. The van der Waals surface area contributed by atoms with Crippen molar-refractivity contribution < 1.29 is 9.59 Å². The van der Waals surface area contributed by atoms with Gasteiger partial charge in [0.05, 0.1) is 10.6 Å². The number of rotatable bonds is 4. The summed E-state index contributed by atoms with van der Waals surface area (Å²) in [6, 6.07) is 4.89. The molecule has 0 spiro atoms. The van der Waals surface area contributed by atoms with Crippen molar-refractivity contribution in [3.05, 3.63) is 28.8 Å². The Morgan fingerprint density at radius 1 is 1.36 bits per heavy atom. The fourth-order valence-corrected chi connectivity index (χ4v) is 3.01. The van der Waals surface area contributed by atoms with Crippen LogP contribution in [0.15, 0.2) is 18.2 Å². The highest BCUT2D eigenvalue weighted by molar-refractivity contribution is 6.34. The number of nitrogens with two attached hydrogens (primary N) is 1. The summed E-state index contributed by atoms with van der Waals surface area (Å²) in [5.74, 6) is -0.116. The van der Waals surface area contributed by atoms with E-state index in [9.17, 15) is 9.59 Å². The van der Waals surface area contributed by atoms with E-state index in [2.05, 4.69) is 10.6 Å². The highest BCUT2D eigenvalue weighted by atomic mass is 35.5. The standard InChI is InChI=1S/C15H20ClN3O2.ClH/c1-18-14(20)12-7-10(5-6-13(12)16)19-15(21)11-4-2-3-9(11)8-17;/h5-7,9,11H,2-4,8,17H2,1H3,(H,18,20)(H,19,21);1H/t9-,11-;/m1./s1. The quantitative estimate of drug-likeness (QED) is 0.783. The van der Waals surface area contributed by atoms with E-state index in [1.807, 2.05) is 0 Å². The van der Waals surface area contributed by atoms with Crippen LogP contribution < -0.4 is 16.4 Å². The predicted octanol–water partition coefficient (Wildman–Crippen LogP) is 2.43. The summed E-state index contributed by atoms with van der Waals surface area (Å²) in [7, 11) is 1.54. The van der Waals surface area contributed by atoms with E-state index in [1.54, 1.807) is 18.2 Å². The molecular formula is C15H21Cl2N3O2. The minimum absolute atomic E-state index is 0. The first-order chi connectivity index (χ1) is 10.1. The summed E-state index contributed by atoms with van der Waals surface area (Å²) in [5.41, 5.74) is 6.63. The van der Waals surface area contributed by atoms with Gasteiger partial charge >= 0.3 is 0 Å². The van der Waals surface area contributed by atoms with Gasteiger partial charge in [0, 0.05) is 18.7 Å². The third kappa shape index (κ3) is 4.12. The van der Waals surface area contributed by atoms with Crippen LogP contribution >= 0.6 is 24.0 Å². The third-order valence-electron chi connectivity index (χ3n) is 4.00. The number of anilines is 1. The summed E-state index contributed by atoms with van der Waals surface area (Å²) >= 11 is 5.99. The van der Waals surface area contributed by atoms with Crippen molar-refractivity contribution in [3.8, 4) is 0 Å². The van der Waals surface area contributed by atoms with Crippen molar-refractivity contribution in [1.29, 1.82) is 0 Å². The van der Waals surface area contributed by atoms with E-state index in [-0.39, 0.29) is 36.1 Å². The average Bonchev–Trinajstić information content (AvgIpc) is 2.97. The minimum Gasteiger partial charge on any atom is -0.355 e. The number of hydrogen-bond donors (Lipinski definition) is 3. The van der Waals surface area contributed by atoms with Gasteiger partial charge in [0.2, 0.25) is 5.91 Å². The van der Waals surface area contributed by atoms with Gasteiger partial charge in [-0.15, -0.1) is 12.4 Å². The van der Waals surface area contributed by atoms with Crippen LogP contribution in [0, 0.1) is 11.8 Å². The molecule has 0 radical (unpaired) electrons. The van der Waals surface area contributed by atoms with Crippen LogP contribution in [-0.4, -0.2) is 25.4 Å². The van der Waals surface area contributed by atoms with Gasteiger partial charge in [0.15, 0.2) is 0 Å². The van der Waals surface area contributed by atoms with Gasteiger partial charge in [-0.3, -0.25) is 9.59 Å². The molecule has 4 N–H and O–H groups in total. The molecule has 2 amide bonds. The smallest absolute Gasteiger partial charge is 0.252 e. The normalized spacial score (nSPS) is 20.1. The Bertz CT molecular complexity index is 552. The number of carbonyl (C=O) groups is 2. The van der Waals surface area contributed by atoms with Crippen molar-refractivity contribution >= 4 is 41.5 Å². The van der Waals surface area contributed by atoms with E-state index in [0.717, 1.165) is 19.3 Å². The molecular weight excluding hydrogens is 325 g/mol. The highest BCUT2D eigenvalue weighted by Crippen LogP contribution is 2.32. The molecule has 1 fully saturated rings. The average molecular weight is 346 g/mol. The van der Waals surface area contributed by atoms with Crippen LogP contribution in [0.2, 0.25) is 5.02 Å². The second kappa shape index (κ2) is 8.36. The number of halogens is 2. The zero-order chi connectivity index (χ0) is 15.4. The molecule has 2 rings (SSSR count). The molecule has 1 aliphatic rings. The van der Waals surface area contributed by atoms with Crippen LogP contribution in [0.1, 0.15) is 29.6 Å². The Balaban J connectivity index is 0.00000242. The third-order valence-corrected chi connectivity index (χ3v) is 4.33. The van der Waals surface area contributed by atoms with Gasteiger partial charge < -0.3 is 16.4 Å². The van der Waals surface area contributed by atoms with E-state index in [0.29, 0.717) is 22.8 Å². The Hall–Kier alpha value is -1.30. The molecule has 7 heteroatoms. The van der Waals surface area contributed by atoms with Gasteiger partial charge in [-0.2, -0.15) is 0 Å². The van der Waals surface area contributed by atoms with Crippen LogP contribution in [-0.2, 0) is 4.79 Å². The summed E-state index contributed by atoms with van der Waals surface area (Å²) in [5, 5.41) is 5.74. The molecule has 1 aliphatic carbocycles. The number of carbonyl (C=O) groups excluding carboxylic acids is 2. The fourth-order valence-electron chi connectivity index (χ4n) is 2.81. The first kappa shape index (κ1) is 18.7. The lowest BCUT2D eigenvalue weighted by atomic mass is 9.95. The molecule has 1 aromatic rings. The first-order valence-electron chi connectivity index (χ1n) is 7.09. The maximum absolute atomic E-state index is 12.3. The monoisotopic (exact) mass is 345 g/mol. The van der Waals surface area contributed by atoms with E-state index in [4.69, 9.17) is 17.3 Å². The Kier molecular flexibility index (Phi) is 7.13. The van der Waals surface area contributed by atoms with Crippen molar-refractivity contribution in [1.82, 2.24) is 5.32 Å². The van der Waals surface area contributed by atoms with Crippen molar-refractivity contribution in [2.75, 3.05) is 18.9 Å². The lowest BCUT2D eigenvalue weighted by molar-refractivity contribution is -0.120. The first-order valence-corrected chi connectivity index (χ1v) is 7.47. The van der Waals surface area contributed by atoms with E-state index in [1.165, 1.54) is 7.05 Å². The topological polar surface area (TPSA) is 84.2 Å². The Morgan fingerprint density at radius 2 is 2.09 bits per heavy atom. The molecule has 1 aromatic carbocycles. The lowest BCUT2D eigenvalue weighted by Crippen LogP contribution is -2.29.